The first-order valence-electron chi connectivity index (χ1n) is 4.73. The Morgan fingerprint density at radius 3 is 3.12 bits per heavy atom. The first-order valence-corrected chi connectivity index (χ1v) is 5.86. The molecule has 0 aliphatic rings. The number of aromatic nitrogens is 2. The Balaban J connectivity index is 2.53. The molecule has 0 atom stereocenters. The average molecular weight is 279 g/mol. The maximum Gasteiger partial charge on any atom is 0.293 e. The Bertz CT molecular complexity index is 730. The Hall–Kier alpha value is -1.62. The second-order valence-corrected chi connectivity index (χ2v) is 4.06. The van der Waals surface area contributed by atoms with Crippen molar-refractivity contribution in [2.45, 2.75) is 5.33 Å². The predicted octanol–water partition coefficient (Wildman–Crippen LogP) is 2.56. The van der Waals surface area contributed by atoms with Gasteiger partial charge in [-0.1, -0.05) is 28.1 Å². The van der Waals surface area contributed by atoms with Crippen LogP contribution in [0.2, 0.25) is 0 Å². The third-order valence-corrected chi connectivity index (χ3v) is 3.16. The summed E-state index contributed by atoms with van der Waals surface area (Å²) in [7, 11) is 0. The fourth-order valence-corrected chi connectivity index (χ4v) is 2.11. The molecule has 0 fully saturated rings. The fourth-order valence-electron chi connectivity index (χ4n) is 1.76. The summed E-state index contributed by atoms with van der Waals surface area (Å²) in [6.45, 7) is 0. The molecule has 0 aliphatic heterocycles. The summed E-state index contributed by atoms with van der Waals surface area (Å²) in [6.07, 6.45) is 1.29. The lowest BCUT2D eigenvalue weighted by atomic mass is 10.1. The van der Waals surface area contributed by atoms with Gasteiger partial charge in [-0.2, -0.15) is 0 Å². The largest absolute Gasteiger partial charge is 0.438 e. The van der Waals surface area contributed by atoms with Gasteiger partial charge in [0.1, 0.15) is 5.52 Å². The van der Waals surface area contributed by atoms with Gasteiger partial charge in [0.2, 0.25) is 5.58 Å². The molecular formula is C11H7BrN2O2. The molecule has 2 aromatic heterocycles. The minimum atomic E-state index is -0.244. The van der Waals surface area contributed by atoms with Crippen molar-refractivity contribution < 1.29 is 4.42 Å². The van der Waals surface area contributed by atoms with E-state index in [0.717, 1.165) is 21.8 Å². The van der Waals surface area contributed by atoms with E-state index in [-0.39, 0.29) is 11.1 Å². The number of nitrogens with zero attached hydrogens (tertiary/aromatic N) is 1. The van der Waals surface area contributed by atoms with E-state index in [2.05, 4.69) is 25.9 Å². The SMILES string of the molecule is O=c1[nH]c2cc(CBr)ccc2c2ncoc12. The van der Waals surface area contributed by atoms with Crippen molar-refractivity contribution in [2.75, 3.05) is 0 Å². The van der Waals surface area contributed by atoms with Gasteiger partial charge < -0.3 is 9.40 Å². The molecule has 0 saturated carbocycles. The summed E-state index contributed by atoms with van der Waals surface area (Å²) < 4.78 is 5.05. The van der Waals surface area contributed by atoms with Crippen LogP contribution in [0.3, 0.4) is 0 Å². The van der Waals surface area contributed by atoms with Crippen molar-refractivity contribution >= 4 is 37.9 Å². The zero-order valence-corrected chi connectivity index (χ0v) is 9.74. The highest BCUT2D eigenvalue weighted by Crippen LogP contribution is 2.21. The molecule has 0 unspecified atom stereocenters. The molecule has 0 bridgehead atoms. The maximum atomic E-state index is 11.7. The number of benzene rings is 1. The summed E-state index contributed by atoms with van der Waals surface area (Å²) in [6, 6.07) is 5.86. The van der Waals surface area contributed by atoms with Crippen molar-refractivity contribution in [3.63, 3.8) is 0 Å². The number of nitrogens with one attached hydrogen (secondary N) is 1. The summed E-state index contributed by atoms with van der Waals surface area (Å²) in [5.41, 5.74) is 2.53. The summed E-state index contributed by atoms with van der Waals surface area (Å²) in [5, 5.41) is 1.65. The molecule has 1 aromatic carbocycles. The highest BCUT2D eigenvalue weighted by molar-refractivity contribution is 9.08. The van der Waals surface area contributed by atoms with E-state index in [1.807, 2.05) is 18.2 Å². The van der Waals surface area contributed by atoms with Crippen LogP contribution in [-0.4, -0.2) is 9.97 Å². The number of hydrogen-bond donors (Lipinski definition) is 1. The molecule has 5 heteroatoms. The molecule has 16 heavy (non-hydrogen) atoms. The normalized spacial score (nSPS) is 11.3. The van der Waals surface area contributed by atoms with Crippen LogP contribution in [0.5, 0.6) is 0 Å². The standard InChI is InChI=1S/C11H7BrN2O2/c12-4-6-1-2-7-8(3-6)14-11(15)10-9(7)13-5-16-10/h1-3,5H,4H2,(H,14,15). The molecule has 1 N–H and O–H groups in total. The Labute approximate surface area is 98.4 Å². The van der Waals surface area contributed by atoms with Gasteiger partial charge in [0.15, 0.2) is 6.39 Å². The van der Waals surface area contributed by atoms with Crippen molar-refractivity contribution in [1.82, 2.24) is 9.97 Å². The molecule has 3 aromatic rings. The zero-order chi connectivity index (χ0) is 11.1. The second kappa shape index (κ2) is 3.45. The van der Waals surface area contributed by atoms with E-state index in [0.29, 0.717) is 5.52 Å². The molecule has 80 valence electrons. The van der Waals surface area contributed by atoms with Crippen molar-refractivity contribution in [3.8, 4) is 0 Å². The molecule has 0 amide bonds. The topological polar surface area (TPSA) is 58.9 Å². The number of pyridine rings is 1. The van der Waals surface area contributed by atoms with E-state index in [1.54, 1.807) is 0 Å². The van der Waals surface area contributed by atoms with Crippen LogP contribution in [-0.2, 0) is 5.33 Å². The first-order chi connectivity index (χ1) is 7.79. The Kier molecular flexibility index (Phi) is 2.07. The van der Waals surface area contributed by atoms with E-state index < -0.39 is 0 Å². The summed E-state index contributed by atoms with van der Waals surface area (Å²) in [4.78, 5) is 18.5. The monoisotopic (exact) mass is 278 g/mol. The molecular weight excluding hydrogens is 272 g/mol. The quantitative estimate of drug-likeness (QED) is 0.696. The lowest BCUT2D eigenvalue weighted by molar-refractivity contribution is 0.598. The number of H-pyrrole nitrogens is 1. The Morgan fingerprint density at radius 1 is 1.44 bits per heavy atom. The van der Waals surface area contributed by atoms with E-state index in [4.69, 9.17) is 4.42 Å². The van der Waals surface area contributed by atoms with Gasteiger partial charge in [-0.15, -0.1) is 0 Å². The minimum absolute atomic E-state index is 0.244. The number of rotatable bonds is 1. The second-order valence-electron chi connectivity index (χ2n) is 3.50. The molecule has 0 spiro atoms. The summed E-state index contributed by atoms with van der Waals surface area (Å²) in [5.74, 6) is 0. The van der Waals surface area contributed by atoms with Gasteiger partial charge in [0, 0.05) is 10.7 Å². The number of fused-ring (bicyclic) bond motifs is 3. The molecule has 2 heterocycles. The van der Waals surface area contributed by atoms with Gasteiger partial charge in [0.05, 0.1) is 5.52 Å². The smallest absolute Gasteiger partial charge is 0.293 e. The van der Waals surface area contributed by atoms with Crippen LogP contribution < -0.4 is 5.56 Å². The van der Waals surface area contributed by atoms with Crippen LogP contribution in [0.25, 0.3) is 22.0 Å². The van der Waals surface area contributed by atoms with Gasteiger partial charge in [0.25, 0.3) is 5.56 Å². The van der Waals surface area contributed by atoms with Crippen molar-refractivity contribution in [3.05, 3.63) is 40.5 Å². The number of hydrogen-bond acceptors (Lipinski definition) is 3. The number of alkyl halides is 1. The third-order valence-electron chi connectivity index (χ3n) is 2.52. The zero-order valence-electron chi connectivity index (χ0n) is 8.16. The van der Waals surface area contributed by atoms with Crippen LogP contribution >= 0.6 is 15.9 Å². The minimum Gasteiger partial charge on any atom is -0.438 e. The highest BCUT2D eigenvalue weighted by Gasteiger charge is 2.09. The van der Waals surface area contributed by atoms with E-state index in [9.17, 15) is 4.79 Å². The van der Waals surface area contributed by atoms with Crippen LogP contribution in [0, 0.1) is 0 Å². The van der Waals surface area contributed by atoms with Gasteiger partial charge in [-0.05, 0) is 11.6 Å². The highest BCUT2D eigenvalue weighted by atomic mass is 79.9. The lowest BCUT2D eigenvalue weighted by Crippen LogP contribution is -2.05. The fraction of sp³-hybridized carbons (Fsp3) is 0.0909. The third kappa shape index (κ3) is 1.28. The molecule has 4 nitrogen and oxygen atoms in total. The Morgan fingerprint density at radius 2 is 2.31 bits per heavy atom. The van der Waals surface area contributed by atoms with Crippen LogP contribution in [0.1, 0.15) is 5.56 Å². The van der Waals surface area contributed by atoms with Gasteiger partial charge in [-0.25, -0.2) is 4.98 Å². The number of aromatic amines is 1. The predicted molar refractivity (Wildman–Crippen MR) is 64.8 cm³/mol. The molecule has 0 aliphatic carbocycles. The molecule has 0 saturated heterocycles. The van der Waals surface area contributed by atoms with E-state index >= 15 is 0 Å². The average Bonchev–Trinajstić information content (AvgIpc) is 2.78. The molecule has 3 rings (SSSR count). The van der Waals surface area contributed by atoms with Crippen LogP contribution in [0.4, 0.5) is 0 Å². The number of oxazole rings is 1. The lowest BCUT2D eigenvalue weighted by Gasteiger charge is -2.00. The number of halogens is 1. The van der Waals surface area contributed by atoms with Crippen molar-refractivity contribution in [1.29, 1.82) is 0 Å². The summed E-state index contributed by atoms with van der Waals surface area (Å²) >= 11 is 3.38. The van der Waals surface area contributed by atoms with Crippen molar-refractivity contribution in [2.24, 2.45) is 0 Å². The van der Waals surface area contributed by atoms with E-state index in [1.165, 1.54) is 6.39 Å². The maximum absolute atomic E-state index is 11.7. The van der Waals surface area contributed by atoms with Gasteiger partial charge in [-0.3, -0.25) is 4.79 Å². The molecule has 0 radical (unpaired) electrons. The van der Waals surface area contributed by atoms with Gasteiger partial charge >= 0.3 is 0 Å². The van der Waals surface area contributed by atoms with Crippen LogP contribution in [0.15, 0.2) is 33.8 Å². The first kappa shape index (κ1) is 9.59.